The van der Waals surface area contributed by atoms with E-state index in [2.05, 4.69) is 41.6 Å². The number of nitrogens with zero attached hydrogens (tertiary/aromatic N) is 2. The van der Waals surface area contributed by atoms with E-state index in [9.17, 15) is 4.79 Å². The van der Waals surface area contributed by atoms with Crippen molar-refractivity contribution in [2.24, 2.45) is 5.92 Å². The minimum absolute atomic E-state index is 0.0450. The van der Waals surface area contributed by atoms with Gasteiger partial charge in [-0.25, -0.2) is 0 Å². The molecule has 6 nitrogen and oxygen atoms in total. The Labute approximate surface area is 186 Å². The Kier molecular flexibility index (Phi) is 8.88. The highest BCUT2D eigenvalue weighted by Gasteiger charge is 2.30. The molecule has 6 heteroatoms. The molecule has 1 aliphatic rings. The first-order chi connectivity index (χ1) is 15.1. The molecule has 1 heterocycles. The van der Waals surface area contributed by atoms with Crippen LogP contribution in [0.15, 0.2) is 54.6 Å². The minimum atomic E-state index is -0.0512. The van der Waals surface area contributed by atoms with Gasteiger partial charge in [-0.05, 0) is 44.9 Å². The molecule has 0 saturated carbocycles. The van der Waals surface area contributed by atoms with Gasteiger partial charge in [-0.15, -0.1) is 0 Å². The van der Waals surface area contributed by atoms with Gasteiger partial charge in [0.1, 0.15) is 11.9 Å². The molecule has 2 aromatic rings. The van der Waals surface area contributed by atoms with Crippen LogP contribution in [0, 0.1) is 5.92 Å². The summed E-state index contributed by atoms with van der Waals surface area (Å²) in [6.07, 6.45) is 0.819. The third-order valence-corrected chi connectivity index (χ3v) is 5.73. The molecule has 1 aliphatic heterocycles. The number of anilines is 1. The van der Waals surface area contributed by atoms with Gasteiger partial charge in [0.25, 0.3) is 0 Å². The lowest BCUT2D eigenvalue weighted by Crippen LogP contribution is -2.41. The molecule has 1 amide bonds. The predicted octanol–water partition coefficient (Wildman–Crippen LogP) is 2.92. The van der Waals surface area contributed by atoms with E-state index in [1.54, 1.807) is 0 Å². The number of carbonyl (C=O) groups excluding carboxylic acids is 1. The monoisotopic (exact) mass is 424 g/mol. The maximum Gasteiger partial charge on any atom is 0.232 e. The molecule has 1 saturated heterocycles. The van der Waals surface area contributed by atoms with Crippen molar-refractivity contribution in [1.82, 2.24) is 15.5 Å². The fourth-order valence-electron chi connectivity index (χ4n) is 4.00. The van der Waals surface area contributed by atoms with Crippen LogP contribution in [0.2, 0.25) is 0 Å². The van der Waals surface area contributed by atoms with Gasteiger partial charge < -0.3 is 25.2 Å². The number of amides is 1. The number of rotatable bonds is 10. The maximum absolute atomic E-state index is 13.3. The lowest BCUT2D eigenvalue weighted by molar-refractivity contribution is -0.122. The number of likely N-dealkylation sites (N-methyl/N-ethyl adjacent to an activating group) is 1. The van der Waals surface area contributed by atoms with Crippen molar-refractivity contribution in [2.75, 3.05) is 58.3 Å². The van der Waals surface area contributed by atoms with E-state index in [1.165, 1.54) is 0 Å². The van der Waals surface area contributed by atoms with E-state index in [0.29, 0.717) is 13.1 Å². The highest BCUT2D eigenvalue weighted by atomic mass is 16.5. The molecule has 31 heavy (non-hydrogen) atoms. The second-order valence-electron chi connectivity index (χ2n) is 8.16. The van der Waals surface area contributed by atoms with Crippen molar-refractivity contribution in [3.8, 4) is 5.75 Å². The van der Waals surface area contributed by atoms with Crippen LogP contribution in [0.4, 0.5) is 5.69 Å². The second kappa shape index (κ2) is 11.8. The summed E-state index contributed by atoms with van der Waals surface area (Å²) in [5.74, 6) is 0.915. The molecule has 2 atom stereocenters. The molecule has 0 spiro atoms. The zero-order valence-electron chi connectivity index (χ0n) is 19.0. The van der Waals surface area contributed by atoms with E-state index >= 15 is 0 Å². The highest BCUT2D eigenvalue weighted by molar-refractivity contribution is 5.95. The second-order valence-corrected chi connectivity index (χ2v) is 8.16. The lowest BCUT2D eigenvalue weighted by atomic mass is 10.1. The number of nitrogens with one attached hydrogen (secondary N) is 2. The first-order valence-electron chi connectivity index (χ1n) is 11.3. The fourth-order valence-corrected chi connectivity index (χ4v) is 4.00. The van der Waals surface area contributed by atoms with Crippen LogP contribution in [-0.2, 0) is 4.79 Å². The quantitative estimate of drug-likeness (QED) is 0.614. The van der Waals surface area contributed by atoms with Gasteiger partial charge in [-0.2, -0.15) is 0 Å². The van der Waals surface area contributed by atoms with Gasteiger partial charge in [0.2, 0.25) is 5.91 Å². The smallest absolute Gasteiger partial charge is 0.232 e. The zero-order valence-corrected chi connectivity index (χ0v) is 19.0. The van der Waals surface area contributed by atoms with Crippen molar-refractivity contribution in [3.05, 3.63) is 60.2 Å². The molecule has 1 unspecified atom stereocenters. The van der Waals surface area contributed by atoms with Gasteiger partial charge in [-0.1, -0.05) is 43.3 Å². The number of benzene rings is 2. The van der Waals surface area contributed by atoms with Crippen LogP contribution >= 0.6 is 0 Å². The van der Waals surface area contributed by atoms with Crippen molar-refractivity contribution in [1.29, 1.82) is 0 Å². The third-order valence-electron chi connectivity index (χ3n) is 5.73. The Morgan fingerprint density at radius 2 is 1.94 bits per heavy atom. The summed E-state index contributed by atoms with van der Waals surface area (Å²) in [5.41, 5.74) is 2.06. The van der Waals surface area contributed by atoms with Crippen LogP contribution in [0.25, 0.3) is 0 Å². The number of ether oxygens (including phenoxy) is 1. The molecule has 1 fully saturated rings. The van der Waals surface area contributed by atoms with Crippen molar-refractivity contribution >= 4 is 11.6 Å². The topological polar surface area (TPSA) is 56.8 Å². The van der Waals surface area contributed by atoms with E-state index in [-0.39, 0.29) is 17.9 Å². The predicted molar refractivity (Wildman–Crippen MR) is 127 cm³/mol. The summed E-state index contributed by atoms with van der Waals surface area (Å²) in [4.78, 5) is 17.5. The van der Waals surface area contributed by atoms with Gasteiger partial charge in [0.15, 0.2) is 0 Å². The van der Waals surface area contributed by atoms with Crippen LogP contribution in [0.1, 0.15) is 25.0 Å². The van der Waals surface area contributed by atoms with Gasteiger partial charge in [-0.3, -0.25) is 4.79 Å². The normalized spacial score (nSPS) is 18.6. The van der Waals surface area contributed by atoms with E-state index in [4.69, 9.17) is 4.74 Å². The average molecular weight is 425 g/mol. The standard InChI is InChI=1S/C25H36N4O2/c1-4-27-18-21-19-28(3)15-16-29(25(21)30)22-11-8-12-23(17-22)31-24(13-14-26-2)20-9-6-5-7-10-20/h5-12,17,21,24,26-27H,4,13-16,18-19H2,1-3H3/t21-,24?/m1/s1. The average Bonchev–Trinajstić information content (AvgIpc) is 2.94. The summed E-state index contributed by atoms with van der Waals surface area (Å²) < 4.78 is 6.41. The fraction of sp³-hybridized carbons (Fsp3) is 0.480. The molecule has 2 N–H and O–H groups in total. The van der Waals surface area contributed by atoms with Crippen LogP contribution in [0.3, 0.4) is 0 Å². The number of carbonyl (C=O) groups is 1. The first-order valence-corrected chi connectivity index (χ1v) is 11.3. The van der Waals surface area contributed by atoms with Crippen molar-refractivity contribution in [3.63, 3.8) is 0 Å². The molecule has 0 aromatic heterocycles. The molecule has 3 rings (SSSR count). The Morgan fingerprint density at radius 3 is 2.68 bits per heavy atom. The van der Waals surface area contributed by atoms with Gasteiger partial charge in [0.05, 0.1) is 5.92 Å². The van der Waals surface area contributed by atoms with Crippen LogP contribution in [0.5, 0.6) is 5.75 Å². The molecule has 0 aliphatic carbocycles. The summed E-state index contributed by atoms with van der Waals surface area (Å²) in [7, 11) is 4.04. The van der Waals surface area contributed by atoms with Gasteiger partial charge >= 0.3 is 0 Å². The van der Waals surface area contributed by atoms with E-state index in [1.807, 2.05) is 54.4 Å². The molecule has 0 bridgehead atoms. The van der Waals surface area contributed by atoms with E-state index < -0.39 is 0 Å². The number of hydrogen-bond donors (Lipinski definition) is 2. The highest BCUT2D eigenvalue weighted by Crippen LogP contribution is 2.29. The Balaban J connectivity index is 1.79. The summed E-state index contributed by atoms with van der Waals surface area (Å²) in [6.45, 7) is 6.82. The molecule has 0 radical (unpaired) electrons. The largest absolute Gasteiger partial charge is 0.486 e. The Bertz CT molecular complexity index is 814. The Morgan fingerprint density at radius 1 is 1.13 bits per heavy atom. The third kappa shape index (κ3) is 6.53. The summed E-state index contributed by atoms with van der Waals surface area (Å²) >= 11 is 0. The van der Waals surface area contributed by atoms with Crippen LogP contribution < -0.4 is 20.3 Å². The Hall–Kier alpha value is -2.41. The van der Waals surface area contributed by atoms with Crippen LogP contribution in [-0.4, -0.2) is 64.2 Å². The minimum Gasteiger partial charge on any atom is -0.486 e. The molecule has 168 valence electrons. The van der Waals surface area contributed by atoms with Crippen molar-refractivity contribution in [2.45, 2.75) is 19.4 Å². The SMILES string of the molecule is CCNC[C@@H]1CN(C)CCN(c2cccc(OC(CCNC)c3ccccc3)c2)C1=O. The maximum atomic E-state index is 13.3. The summed E-state index contributed by atoms with van der Waals surface area (Å²) in [5, 5.41) is 6.55. The van der Waals surface area contributed by atoms with E-state index in [0.717, 1.165) is 49.6 Å². The molecule has 2 aromatic carbocycles. The zero-order chi connectivity index (χ0) is 22.1. The molecular formula is C25H36N4O2. The number of hydrogen-bond acceptors (Lipinski definition) is 5. The first kappa shape index (κ1) is 23.3. The van der Waals surface area contributed by atoms with Gasteiger partial charge in [0, 0.05) is 44.4 Å². The summed E-state index contributed by atoms with van der Waals surface area (Å²) in [6, 6.07) is 18.3. The molecular weight excluding hydrogens is 388 g/mol. The lowest BCUT2D eigenvalue weighted by Gasteiger charge is -2.25. The van der Waals surface area contributed by atoms with Crippen molar-refractivity contribution < 1.29 is 9.53 Å².